The zero-order valence-corrected chi connectivity index (χ0v) is 23.8. The van der Waals surface area contributed by atoms with Crippen LogP contribution in [0.1, 0.15) is 11.4 Å². The Morgan fingerprint density at radius 1 is 0.978 bits per heavy atom. The van der Waals surface area contributed by atoms with Gasteiger partial charge in [-0.05, 0) is 42.5 Å². The monoisotopic (exact) mass is 631 g/mol. The van der Waals surface area contributed by atoms with Crippen molar-refractivity contribution < 1.29 is 27.8 Å². The molecular weight excluding hydrogens is 607 g/mol. The SMILES string of the molecule is O=C(O)C(F)(F)F.O=c1ncn(-c2ccc(-c3c(/C=C/c4ccc5ccccc5n4)nc4c(N5CCOCC5)ccnn34)cn2)[nH]1. The molecule has 0 radical (unpaired) electrons. The maximum atomic E-state index is 11.5. The third-order valence-corrected chi connectivity index (χ3v) is 6.93. The van der Waals surface area contributed by atoms with Crippen molar-refractivity contribution in [3.63, 3.8) is 0 Å². The van der Waals surface area contributed by atoms with Gasteiger partial charge in [0.2, 0.25) is 0 Å². The fraction of sp³-hybridized carbons (Fsp3) is 0.167. The number of imidazole rings is 1. The highest BCUT2D eigenvalue weighted by molar-refractivity contribution is 5.84. The van der Waals surface area contributed by atoms with Crippen LogP contribution in [0.25, 0.3) is 45.8 Å². The van der Waals surface area contributed by atoms with E-state index < -0.39 is 17.8 Å². The quantitative estimate of drug-likeness (QED) is 0.287. The van der Waals surface area contributed by atoms with Gasteiger partial charge >= 0.3 is 17.8 Å². The summed E-state index contributed by atoms with van der Waals surface area (Å²) in [4.78, 5) is 40.7. The normalized spacial score (nSPS) is 13.7. The van der Waals surface area contributed by atoms with Gasteiger partial charge < -0.3 is 14.7 Å². The minimum absolute atomic E-state index is 0.433. The van der Waals surface area contributed by atoms with Crippen LogP contribution in [-0.2, 0) is 9.53 Å². The first-order chi connectivity index (χ1) is 22.2. The number of aromatic amines is 1. The third kappa shape index (κ3) is 6.46. The molecule has 16 heteroatoms. The van der Waals surface area contributed by atoms with Crippen LogP contribution >= 0.6 is 0 Å². The first kappa shape index (κ1) is 30.1. The van der Waals surface area contributed by atoms with Crippen molar-refractivity contribution in [2.24, 2.45) is 0 Å². The Hall–Kier alpha value is -5.90. The van der Waals surface area contributed by atoms with Crippen LogP contribution in [0.4, 0.5) is 18.9 Å². The molecule has 0 saturated carbocycles. The molecule has 2 N–H and O–H groups in total. The molecule has 1 aliphatic heterocycles. The van der Waals surface area contributed by atoms with E-state index in [9.17, 15) is 18.0 Å². The zero-order chi connectivity index (χ0) is 32.3. The first-order valence-electron chi connectivity index (χ1n) is 13.8. The standard InChI is InChI=1S/C28H23N9O2.C2HF3O2/c38-28-30-18-36(34-28)25-10-6-20(17-29-25)26-23(9-8-21-7-5-19-3-1-2-4-22(19)32-21)33-27-24(11-12-31-37(26)27)35-13-15-39-16-14-35;3-2(4,5)1(6)7/h1-12,17-18H,13-16H2,(H,34,38);(H,6,7)/b9-8+;. The van der Waals surface area contributed by atoms with Crippen LogP contribution in [0.2, 0.25) is 0 Å². The van der Waals surface area contributed by atoms with Gasteiger partial charge in [-0.3, -0.25) is 0 Å². The summed E-state index contributed by atoms with van der Waals surface area (Å²) in [6.07, 6.45) is 3.78. The maximum Gasteiger partial charge on any atom is 0.490 e. The summed E-state index contributed by atoms with van der Waals surface area (Å²) < 4.78 is 40.6. The van der Waals surface area contributed by atoms with Crippen molar-refractivity contribution in [1.29, 1.82) is 0 Å². The molecule has 0 atom stereocenters. The molecule has 5 aromatic heterocycles. The summed E-state index contributed by atoms with van der Waals surface area (Å²) in [6, 6.07) is 17.8. The number of para-hydroxylation sites is 1. The molecule has 234 valence electrons. The lowest BCUT2D eigenvalue weighted by atomic mass is 10.1. The molecule has 46 heavy (non-hydrogen) atoms. The molecule has 0 unspecified atom stereocenters. The predicted octanol–water partition coefficient (Wildman–Crippen LogP) is 3.85. The number of carboxylic acid groups (broad SMARTS) is 1. The lowest BCUT2D eigenvalue weighted by Crippen LogP contribution is -2.36. The molecule has 0 amide bonds. The molecule has 0 aliphatic carbocycles. The van der Waals surface area contributed by atoms with Crippen molar-refractivity contribution in [3.05, 3.63) is 95.2 Å². The lowest BCUT2D eigenvalue weighted by Gasteiger charge is -2.28. The van der Waals surface area contributed by atoms with Gasteiger partial charge in [-0.2, -0.15) is 23.3 Å². The second-order valence-corrected chi connectivity index (χ2v) is 9.90. The number of aromatic nitrogens is 8. The summed E-state index contributed by atoms with van der Waals surface area (Å²) in [6.45, 7) is 2.91. The molecule has 13 nitrogen and oxygen atoms in total. The van der Waals surface area contributed by atoms with E-state index >= 15 is 0 Å². The Bertz CT molecular complexity index is 2100. The Kier molecular flexibility index (Phi) is 8.26. The zero-order valence-electron chi connectivity index (χ0n) is 23.8. The van der Waals surface area contributed by atoms with Gasteiger partial charge in [0.25, 0.3) is 0 Å². The number of benzene rings is 1. The third-order valence-electron chi connectivity index (χ3n) is 6.93. The van der Waals surface area contributed by atoms with E-state index in [1.54, 1.807) is 12.4 Å². The molecule has 7 rings (SSSR count). The number of rotatable bonds is 5. The van der Waals surface area contributed by atoms with E-state index in [1.165, 1.54) is 11.0 Å². The Labute approximate surface area is 257 Å². The molecule has 6 heterocycles. The fourth-order valence-electron chi connectivity index (χ4n) is 4.78. The van der Waals surface area contributed by atoms with Crippen LogP contribution in [0.5, 0.6) is 0 Å². The summed E-state index contributed by atoms with van der Waals surface area (Å²) in [7, 11) is 0. The highest BCUT2D eigenvalue weighted by atomic mass is 19.4. The van der Waals surface area contributed by atoms with Crippen molar-refractivity contribution in [1.82, 2.24) is 39.3 Å². The van der Waals surface area contributed by atoms with Crippen LogP contribution in [0, 0.1) is 0 Å². The Morgan fingerprint density at radius 3 is 2.46 bits per heavy atom. The number of nitrogens with zero attached hydrogens (tertiary/aromatic N) is 8. The minimum atomic E-state index is -5.08. The van der Waals surface area contributed by atoms with Gasteiger partial charge in [-0.1, -0.05) is 24.3 Å². The number of anilines is 1. The summed E-state index contributed by atoms with van der Waals surface area (Å²) in [5.74, 6) is -2.21. The number of nitrogens with one attached hydrogen (secondary N) is 1. The van der Waals surface area contributed by atoms with Gasteiger partial charge in [-0.25, -0.2) is 38.8 Å². The second kappa shape index (κ2) is 12.6. The lowest BCUT2D eigenvalue weighted by molar-refractivity contribution is -0.192. The highest BCUT2D eigenvalue weighted by Gasteiger charge is 2.38. The van der Waals surface area contributed by atoms with Crippen LogP contribution in [0.15, 0.2) is 78.1 Å². The molecule has 1 saturated heterocycles. The summed E-state index contributed by atoms with van der Waals surface area (Å²) in [5, 5.41) is 15.5. The first-order valence-corrected chi connectivity index (χ1v) is 13.8. The predicted molar refractivity (Wildman–Crippen MR) is 161 cm³/mol. The van der Waals surface area contributed by atoms with Crippen molar-refractivity contribution in [2.75, 3.05) is 31.2 Å². The number of ether oxygens (including phenoxy) is 1. The Balaban J connectivity index is 0.000000480. The number of morpholine rings is 1. The van der Waals surface area contributed by atoms with Crippen LogP contribution in [-0.4, -0.2) is 82.9 Å². The van der Waals surface area contributed by atoms with Gasteiger partial charge in [0, 0.05) is 30.2 Å². The van der Waals surface area contributed by atoms with E-state index in [2.05, 4.69) is 31.1 Å². The fourth-order valence-corrected chi connectivity index (χ4v) is 4.78. The van der Waals surface area contributed by atoms with Crippen LogP contribution < -0.4 is 10.6 Å². The largest absolute Gasteiger partial charge is 0.490 e. The molecule has 0 spiro atoms. The molecule has 1 fully saturated rings. The molecular formula is C30H24F3N9O4. The molecule has 0 bridgehead atoms. The summed E-state index contributed by atoms with van der Waals surface area (Å²) in [5.41, 5.74) is 5.45. The number of halogens is 3. The van der Waals surface area contributed by atoms with Gasteiger partial charge in [-0.15, -0.1) is 0 Å². The molecule has 1 aliphatic rings. The maximum absolute atomic E-state index is 11.5. The van der Waals surface area contributed by atoms with Crippen molar-refractivity contribution >= 4 is 40.4 Å². The van der Waals surface area contributed by atoms with E-state index in [0.29, 0.717) is 19.0 Å². The minimum Gasteiger partial charge on any atom is -0.475 e. The van der Waals surface area contributed by atoms with E-state index in [-0.39, 0.29) is 0 Å². The number of hydrogen-bond donors (Lipinski definition) is 2. The van der Waals surface area contributed by atoms with Gasteiger partial charge in [0.05, 0.1) is 42.0 Å². The summed E-state index contributed by atoms with van der Waals surface area (Å²) >= 11 is 0. The number of pyridine rings is 2. The highest BCUT2D eigenvalue weighted by Crippen LogP contribution is 2.31. The number of carbonyl (C=O) groups is 1. The average molecular weight is 632 g/mol. The Morgan fingerprint density at radius 2 is 1.76 bits per heavy atom. The van der Waals surface area contributed by atoms with E-state index in [1.807, 2.05) is 65.2 Å². The number of aliphatic carboxylic acids is 1. The van der Waals surface area contributed by atoms with Crippen molar-refractivity contribution in [2.45, 2.75) is 6.18 Å². The van der Waals surface area contributed by atoms with Gasteiger partial charge in [0.15, 0.2) is 11.5 Å². The smallest absolute Gasteiger partial charge is 0.475 e. The molecule has 6 aromatic rings. The van der Waals surface area contributed by atoms with Gasteiger partial charge in [0.1, 0.15) is 12.0 Å². The van der Waals surface area contributed by atoms with E-state index in [0.717, 1.165) is 58.0 Å². The second-order valence-electron chi connectivity index (χ2n) is 9.90. The topological polar surface area (TPSA) is 156 Å². The number of hydrogen-bond acceptors (Lipinski definition) is 9. The van der Waals surface area contributed by atoms with Crippen LogP contribution in [0.3, 0.4) is 0 Å². The number of alkyl halides is 3. The number of fused-ring (bicyclic) bond motifs is 2. The molecule has 1 aromatic carbocycles. The average Bonchev–Trinajstić information content (AvgIpc) is 3.67. The van der Waals surface area contributed by atoms with E-state index in [4.69, 9.17) is 24.6 Å². The number of carboxylic acids is 1. The number of H-pyrrole nitrogens is 1. The van der Waals surface area contributed by atoms with Crippen molar-refractivity contribution in [3.8, 4) is 17.1 Å².